The van der Waals surface area contributed by atoms with Crippen molar-refractivity contribution in [1.29, 1.82) is 0 Å². The number of hydrogen-bond donors (Lipinski definition) is 0. The zero-order valence-electron chi connectivity index (χ0n) is 37.1. The number of rotatable bonds is 6. The van der Waals surface area contributed by atoms with E-state index in [0.29, 0.717) is 0 Å². The van der Waals surface area contributed by atoms with E-state index in [2.05, 4.69) is 240 Å². The van der Waals surface area contributed by atoms with Gasteiger partial charge >= 0.3 is 0 Å². The molecule has 0 unspecified atom stereocenters. The molecule has 2 nitrogen and oxygen atoms in total. The van der Waals surface area contributed by atoms with Crippen LogP contribution in [0.2, 0.25) is 0 Å². The minimum Gasteiger partial charge on any atom is -0.310 e. The predicted octanol–water partition coefficient (Wildman–Crippen LogP) is 2.36. The smallest absolute Gasteiger partial charge is 0.141 e. The molecular formula is C54H43B7N2. The normalized spacial score (nSPS) is 11.6. The first-order valence-corrected chi connectivity index (χ1v) is 22.2. The molecule has 0 saturated carbocycles. The van der Waals surface area contributed by atoms with Gasteiger partial charge in [-0.05, 0) is 92.4 Å². The van der Waals surface area contributed by atoms with Crippen molar-refractivity contribution in [2.45, 2.75) is 0 Å². The van der Waals surface area contributed by atoms with Crippen LogP contribution in [0, 0.1) is 0 Å². The van der Waals surface area contributed by atoms with Crippen molar-refractivity contribution in [1.82, 2.24) is 9.13 Å². The highest BCUT2D eigenvalue weighted by atomic mass is 15.0. The second kappa shape index (κ2) is 15.1. The van der Waals surface area contributed by atoms with E-state index in [1.54, 1.807) is 0 Å². The lowest BCUT2D eigenvalue weighted by molar-refractivity contribution is 1.18. The summed E-state index contributed by atoms with van der Waals surface area (Å²) in [4.78, 5) is 0. The molecule has 290 valence electrons. The molecule has 9 aromatic carbocycles. The van der Waals surface area contributed by atoms with Gasteiger partial charge in [-0.15, -0.1) is 5.46 Å². The quantitative estimate of drug-likeness (QED) is 0.229. The van der Waals surface area contributed by atoms with Crippen molar-refractivity contribution >= 4 is 137 Å². The van der Waals surface area contributed by atoms with E-state index in [0.717, 1.165) is 0 Å². The summed E-state index contributed by atoms with van der Waals surface area (Å²) in [7, 11) is 16.3. The summed E-state index contributed by atoms with van der Waals surface area (Å²) < 4.78 is 5.01. The molecule has 9 heteroatoms. The summed E-state index contributed by atoms with van der Waals surface area (Å²) in [5, 5.41) is 5.24. The number of nitrogens with zero attached hydrogens (tertiary/aromatic N) is 2. The van der Waals surface area contributed by atoms with Crippen molar-refractivity contribution in [3.63, 3.8) is 0 Å². The van der Waals surface area contributed by atoms with E-state index in [-0.39, 0.29) is 0 Å². The topological polar surface area (TPSA) is 9.86 Å². The Balaban J connectivity index is 1.11. The summed E-state index contributed by atoms with van der Waals surface area (Å²) in [6.45, 7) is 0. The first kappa shape index (κ1) is 38.9. The average Bonchev–Trinajstić information content (AvgIpc) is 3.87. The Labute approximate surface area is 375 Å². The second-order valence-corrected chi connectivity index (χ2v) is 17.5. The Kier molecular flexibility index (Phi) is 9.35. The first-order chi connectivity index (χ1) is 30.7. The van der Waals surface area contributed by atoms with Crippen LogP contribution in [0.5, 0.6) is 0 Å². The molecule has 11 rings (SSSR count). The van der Waals surface area contributed by atoms with Crippen LogP contribution >= 0.6 is 0 Å². The SMILES string of the molecule is Bc1c(B)c(B)c2c(c1B)c1c(B)c(-c3ccc4c(c3)c3ccc(-c5ccccc5)cc3n4-c3ccccc3)c(B)c(B)c1n2-c1ccc(-c2ccc(-c3ccccc3)cc2)cc1. The monoisotopic (exact) mass is 796 g/mol. The van der Waals surface area contributed by atoms with E-state index in [1.807, 2.05) is 0 Å². The van der Waals surface area contributed by atoms with Crippen LogP contribution in [0.1, 0.15) is 0 Å². The summed E-state index contributed by atoms with van der Waals surface area (Å²) in [5.74, 6) is 0. The van der Waals surface area contributed by atoms with Crippen molar-refractivity contribution < 1.29 is 0 Å². The second-order valence-electron chi connectivity index (χ2n) is 17.5. The van der Waals surface area contributed by atoms with E-state index in [4.69, 9.17) is 0 Å². The van der Waals surface area contributed by atoms with Crippen LogP contribution in [0.3, 0.4) is 0 Å². The maximum atomic E-state index is 2.57. The average molecular weight is 796 g/mol. The third-order valence-corrected chi connectivity index (χ3v) is 14.3. The van der Waals surface area contributed by atoms with Crippen molar-refractivity contribution in [3.05, 3.63) is 176 Å². The maximum absolute atomic E-state index is 2.57. The van der Waals surface area contributed by atoms with E-state index < -0.39 is 0 Å². The molecule has 0 fully saturated rings. The van der Waals surface area contributed by atoms with Crippen LogP contribution in [0.15, 0.2) is 176 Å². The standard InChI is InChI=1S/C54H43B7N2/c55-46-43(36-23-27-41-40(28-36)39-26-22-35(31-12-6-2-7-13-31)29-42(39)62(41)37-14-8-3-9-15-37)47(56)51(60)53-44(46)45-48(57)49(58)50(59)52(61)54(45)63(53)38-24-20-34(21-25-38)33-18-16-32(17-19-33)30-10-4-1-5-11-30/h1-29H,55-61H2. The highest BCUT2D eigenvalue weighted by molar-refractivity contribution is 6.69. The van der Waals surface area contributed by atoms with Gasteiger partial charge in [0.05, 0.1) is 11.0 Å². The number of benzene rings is 9. The molecule has 0 N–H and O–H groups in total. The predicted molar refractivity (Wildman–Crippen MR) is 294 cm³/mol. The van der Waals surface area contributed by atoms with E-state index in [1.165, 1.54) is 138 Å². The molecule has 0 amide bonds. The third-order valence-electron chi connectivity index (χ3n) is 14.3. The van der Waals surface area contributed by atoms with Gasteiger partial charge < -0.3 is 9.13 Å². The van der Waals surface area contributed by atoms with Crippen LogP contribution in [-0.2, 0) is 0 Å². The lowest BCUT2D eigenvalue weighted by Crippen LogP contribution is -2.48. The highest BCUT2D eigenvalue weighted by Gasteiger charge is 2.25. The molecule has 0 saturated heterocycles. The number of aromatic nitrogens is 2. The van der Waals surface area contributed by atoms with Gasteiger partial charge in [-0.2, -0.15) is 0 Å². The van der Waals surface area contributed by atoms with E-state index >= 15 is 0 Å². The van der Waals surface area contributed by atoms with Crippen molar-refractivity contribution in [2.75, 3.05) is 0 Å². The molecule has 2 heterocycles. The fourth-order valence-electron chi connectivity index (χ4n) is 10.5. The van der Waals surface area contributed by atoms with Crippen molar-refractivity contribution in [2.24, 2.45) is 0 Å². The molecular weight excluding hydrogens is 752 g/mol. The first-order valence-electron chi connectivity index (χ1n) is 22.2. The molecule has 11 aromatic rings. The van der Waals surface area contributed by atoms with Gasteiger partial charge in [0.1, 0.15) is 54.9 Å². The van der Waals surface area contributed by atoms with Crippen LogP contribution in [-0.4, -0.2) is 64.1 Å². The molecule has 0 aliphatic carbocycles. The fraction of sp³-hybridized carbons (Fsp3) is 0. The maximum Gasteiger partial charge on any atom is 0.141 e. The highest BCUT2D eigenvalue weighted by Crippen LogP contribution is 2.38. The van der Waals surface area contributed by atoms with E-state index in [9.17, 15) is 0 Å². The number of fused-ring (bicyclic) bond motifs is 6. The largest absolute Gasteiger partial charge is 0.310 e. The summed E-state index contributed by atoms with van der Waals surface area (Å²) in [6.07, 6.45) is 0. The molecule has 0 aliphatic rings. The molecule has 0 spiro atoms. The lowest BCUT2D eigenvalue weighted by Gasteiger charge is -2.19. The van der Waals surface area contributed by atoms with Gasteiger partial charge in [-0.3, -0.25) is 0 Å². The van der Waals surface area contributed by atoms with Crippen LogP contribution in [0.25, 0.3) is 99.5 Å². The van der Waals surface area contributed by atoms with Crippen molar-refractivity contribution in [3.8, 4) is 55.9 Å². The van der Waals surface area contributed by atoms with Gasteiger partial charge in [-0.1, -0.05) is 166 Å². The van der Waals surface area contributed by atoms with Gasteiger partial charge in [0.25, 0.3) is 0 Å². The molecule has 0 aliphatic heterocycles. The summed E-state index contributed by atoms with van der Waals surface area (Å²) in [6, 6.07) is 64.4. The molecule has 0 bridgehead atoms. The van der Waals surface area contributed by atoms with Crippen LogP contribution in [0.4, 0.5) is 0 Å². The minimum atomic E-state index is 1.17. The number of hydrogen-bond acceptors (Lipinski definition) is 0. The summed E-state index contributed by atoms with van der Waals surface area (Å²) in [5.41, 5.74) is 26.7. The zero-order chi connectivity index (χ0) is 43.1. The Morgan fingerprint density at radius 3 is 1.32 bits per heavy atom. The Morgan fingerprint density at radius 2 is 0.714 bits per heavy atom. The minimum absolute atomic E-state index is 1.17. The Hall–Kier alpha value is -6.97. The summed E-state index contributed by atoms with van der Waals surface area (Å²) >= 11 is 0. The lowest BCUT2D eigenvalue weighted by atomic mass is 9.64. The number of para-hydroxylation sites is 1. The molecule has 2 aromatic heterocycles. The van der Waals surface area contributed by atoms with Gasteiger partial charge in [0, 0.05) is 38.6 Å². The third kappa shape index (κ3) is 6.12. The fourth-order valence-corrected chi connectivity index (χ4v) is 10.5. The van der Waals surface area contributed by atoms with Gasteiger partial charge in [0.15, 0.2) is 0 Å². The Bertz CT molecular complexity index is 3600. The van der Waals surface area contributed by atoms with Gasteiger partial charge in [-0.25, -0.2) is 0 Å². The zero-order valence-corrected chi connectivity index (χ0v) is 37.1. The molecule has 63 heavy (non-hydrogen) atoms. The van der Waals surface area contributed by atoms with Gasteiger partial charge in [0.2, 0.25) is 0 Å². The molecule has 0 atom stereocenters. The Morgan fingerprint density at radius 1 is 0.270 bits per heavy atom. The van der Waals surface area contributed by atoms with Crippen LogP contribution < -0.4 is 38.2 Å². The molecule has 0 radical (unpaired) electrons.